The molecule has 0 N–H and O–H groups in total. The zero-order chi connectivity index (χ0) is 14.5. The lowest BCUT2D eigenvalue weighted by Gasteiger charge is -2.17. The summed E-state index contributed by atoms with van der Waals surface area (Å²) in [5.74, 6) is 0.560. The van der Waals surface area contributed by atoms with Crippen LogP contribution < -0.4 is 0 Å². The van der Waals surface area contributed by atoms with Gasteiger partial charge < -0.3 is 4.90 Å². The number of hydrogen-bond donors (Lipinski definition) is 0. The monoisotopic (exact) mass is 271 g/mol. The summed E-state index contributed by atoms with van der Waals surface area (Å²) in [6.07, 6.45) is 4.37. The van der Waals surface area contributed by atoms with Crippen LogP contribution in [0.1, 0.15) is 25.8 Å². The van der Waals surface area contributed by atoms with Gasteiger partial charge in [0.15, 0.2) is 0 Å². The largest absolute Gasteiger partial charge is 0.341 e. The van der Waals surface area contributed by atoms with Crippen LogP contribution in [0.25, 0.3) is 5.69 Å². The average Bonchev–Trinajstić information content (AvgIpc) is 2.87. The van der Waals surface area contributed by atoms with E-state index in [1.165, 1.54) is 0 Å². The predicted octanol–water partition coefficient (Wildman–Crippen LogP) is 2.88. The second-order valence-corrected chi connectivity index (χ2v) is 5.48. The fraction of sp³-hybridized carbons (Fsp3) is 0.375. The van der Waals surface area contributed by atoms with Crippen molar-refractivity contribution in [2.24, 2.45) is 5.92 Å². The second-order valence-electron chi connectivity index (χ2n) is 5.48. The van der Waals surface area contributed by atoms with Gasteiger partial charge in [0.2, 0.25) is 5.91 Å². The molecule has 0 aliphatic heterocycles. The number of amides is 1. The van der Waals surface area contributed by atoms with E-state index in [1.54, 1.807) is 4.90 Å². The van der Waals surface area contributed by atoms with E-state index in [-0.39, 0.29) is 5.91 Å². The molecule has 0 atom stereocenters. The number of rotatable bonds is 5. The Hall–Kier alpha value is -2.10. The molecule has 2 rings (SSSR count). The number of benzene rings is 1. The van der Waals surface area contributed by atoms with E-state index in [9.17, 15) is 4.79 Å². The van der Waals surface area contributed by atoms with Crippen molar-refractivity contribution in [2.45, 2.75) is 26.8 Å². The molecule has 0 saturated carbocycles. The summed E-state index contributed by atoms with van der Waals surface area (Å²) in [5.41, 5.74) is 2.06. The van der Waals surface area contributed by atoms with E-state index < -0.39 is 0 Å². The molecule has 4 nitrogen and oxygen atoms in total. The van der Waals surface area contributed by atoms with Crippen LogP contribution in [0.5, 0.6) is 0 Å². The molecule has 20 heavy (non-hydrogen) atoms. The standard InChI is InChI=1S/C16H21N3O/c1-13(2)9-16(20)18(3)11-14-10-17-19(12-14)15-7-5-4-6-8-15/h4-8,10,12-13H,9,11H2,1-3H3. The number of para-hydroxylation sites is 1. The van der Waals surface area contributed by atoms with E-state index in [0.29, 0.717) is 18.9 Å². The van der Waals surface area contributed by atoms with Crippen LogP contribution in [0.3, 0.4) is 0 Å². The maximum Gasteiger partial charge on any atom is 0.222 e. The maximum atomic E-state index is 11.9. The topological polar surface area (TPSA) is 38.1 Å². The van der Waals surface area contributed by atoms with Crippen molar-refractivity contribution in [2.75, 3.05) is 7.05 Å². The molecule has 1 aromatic heterocycles. The molecular formula is C16H21N3O. The summed E-state index contributed by atoms with van der Waals surface area (Å²) in [6, 6.07) is 9.95. The van der Waals surface area contributed by atoms with Gasteiger partial charge in [0.05, 0.1) is 11.9 Å². The molecule has 0 unspecified atom stereocenters. The smallest absolute Gasteiger partial charge is 0.222 e. The lowest BCUT2D eigenvalue weighted by Crippen LogP contribution is -2.26. The summed E-state index contributed by atoms with van der Waals surface area (Å²) in [7, 11) is 1.84. The summed E-state index contributed by atoms with van der Waals surface area (Å²) < 4.78 is 1.83. The first-order valence-corrected chi connectivity index (χ1v) is 6.89. The summed E-state index contributed by atoms with van der Waals surface area (Å²) >= 11 is 0. The van der Waals surface area contributed by atoms with Crippen LogP contribution in [0.15, 0.2) is 42.7 Å². The molecule has 1 amide bonds. The Morgan fingerprint density at radius 1 is 1.30 bits per heavy atom. The first-order valence-electron chi connectivity index (χ1n) is 6.89. The summed E-state index contributed by atoms with van der Waals surface area (Å²) in [5, 5.41) is 4.34. The quantitative estimate of drug-likeness (QED) is 0.838. The highest BCUT2D eigenvalue weighted by molar-refractivity contribution is 5.76. The van der Waals surface area contributed by atoms with Gasteiger partial charge in [-0.25, -0.2) is 4.68 Å². The predicted molar refractivity (Wildman–Crippen MR) is 79.5 cm³/mol. The van der Waals surface area contributed by atoms with Gasteiger partial charge >= 0.3 is 0 Å². The minimum atomic E-state index is 0.174. The van der Waals surface area contributed by atoms with E-state index in [2.05, 4.69) is 18.9 Å². The van der Waals surface area contributed by atoms with Gasteiger partial charge in [0.25, 0.3) is 0 Å². The third kappa shape index (κ3) is 3.70. The molecule has 0 bridgehead atoms. The fourth-order valence-corrected chi connectivity index (χ4v) is 2.03. The molecule has 0 fully saturated rings. The molecule has 0 aliphatic rings. The van der Waals surface area contributed by atoms with Crippen LogP contribution in [-0.2, 0) is 11.3 Å². The normalized spacial score (nSPS) is 10.8. The van der Waals surface area contributed by atoms with E-state index in [0.717, 1.165) is 11.3 Å². The van der Waals surface area contributed by atoms with Crippen molar-refractivity contribution in [1.82, 2.24) is 14.7 Å². The molecule has 0 radical (unpaired) electrons. The Balaban J connectivity index is 2.01. The van der Waals surface area contributed by atoms with Crippen LogP contribution >= 0.6 is 0 Å². The van der Waals surface area contributed by atoms with Gasteiger partial charge in [0, 0.05) is 31.8 Å². The molecule has 106 valence electrons. The number of hydrogen-bond acceptors (Lipinski definition) is 2. The Morgan fingerprint density at radius 2 is 2.00 bits per heavy atom. The molecule has 0 aliphatic carbocycles. The first-order chi connectivity index (χ1) is 9.56. The van der Waals surface area contributed by atoms with Crippen LogP contribution in [0.2, 0.25) is 0 Å². The highest BCUT2D eigenvalue weighted by Gasteiger charge is 2.12. The second kappa shape index (κ2) is 6.37. The number of carbonyl (C=O) groups is 1. The Labute approximate surface area is 120 Å². The van der Waals surface area contributed by atoms with E-state index in [1.807, 2.05) is 54.5 Å². The third-order valence-corrected chi connectivity index (χ3v) is 3.09. The van der Waals surface area contributed by atoms with Crippen molar-refractivity contribution in [3.8, 4) is 5.69 Å². The zero-order valence-corrected chi connectivity index (χ0v) is 12.3. The van der Waals surface area contributed by atoms with Gasteiger partial charge in [0.1, 0.15) is 0 Å². The van der Waals surface area contributed by atoms with Gasteiger partial charge in [-0.15, -0.1) is 0 Å². The molecule has 1 aromatic carbocycles. The Bertz CT molecular complexity index is 560. The lowest BCUT2D eigenvalue weighted by atomic mass is 10.1. The molecule has 4 heteroatoms. The Kier molecular flexibility index (Phi) is 4.56. The first kappa shape index (κ1) is 14.3. The maximum absolute atomic E-state index is 11.9. The van der Waals surface area contributed by atoms with Crippen molar-refractivity contribution < 1.29 is 4.79 Å². The van der Waals surface area contributed by atoms with Crippen LogP contribution in [0.4, 0.5) is 0 Å². The number of carbonyl (C=O) groups excluding carboxylic acids is 1. The van der Waals surface area contributed by atoms with E-state index in [4.69, 9.17) is 0 Å². The van der Waals surface area contributed by atoms with Crippen LogP contribution in [0, 0.1) is 5.92 Å². The number of nitrogens with zero attached hydrogens (tertiary/aromatic N) is 3. The Morgan fingerprint density at radius 3 is 2.65 bits per heavy atom. The summed E-state index contributed by atoms with van der Waals surface area (Å²) in [4.78, 5) is 13.7. The summed E-state index contributed by atoms with van der Waals surface area (Å²) in [6.45, 7) is 4.71. The molecule has 0 saturated heterocycles. The fourth-order valence-electron chi connectivity index (χ4n) is 2.03. The van der Waals surface area contributed by atoms with Gasteiger partial charge in [-0.1, -0.05) is 32.0 Å². The number of aromatic nitrogens is 2. The minimum Gasteiger partial charge on any atom is -0.341 e. The van der Waals surface area contributed by atoms with Gasteiger partial charge in [-0.3, -0.25) is 4.79 Å². The minimum absolute atomic E-state index is 0.174. The third-order valence-electron chi connectivity index (χ3n) is 3.09. The van der Waals surface area contributed by atoms with E-state index >= 15 is 0 Å². The van der Waals surface area contributed by atoms with Crippen molar-refractivity contribution in [3.63, 3.8) is 0 Å². The molecular weight excluding hydrogens is 250 g/mol. The molecule has 1 heterocycles. The van der Waals surface area contributed by atoms with Crippen molar-refractivity contribution >= 4 is 5.91 Å². The van der Waals surface area contributed by atoms with Gasteiger partial charge in [-0.05, 0) is 18.1 Å². The zero-order valence-electron chi connectivity index (χ0n) is 12.3. The lowest BCUT2D eigenvalue weighted by molar-refractivity contribution is -0.131. The van der Waals surface area contributed by atoms with Crippen molar-refractivity contribution in [1.29, 1.82) is 0 Å². The van der Waals surface area contributed by atoms with Gasteiger partial charge in [-0.2, -0.15) is 5.10 Å². The van der Waals surface area contributed by atoms with Crippen LogP contribution in [-0.4, -0.2) is 27.6 Å². The van der Waals surface area contributed by atoms with Crippen molar-refractivity contribution in [3.05, 3.63) is 48.3 Å². The highest BCUT2D eigenvalue weighted by Crippen LogP contribution is 2.10. The molecule has 2 aromatic rings. The SMILES string of the molecule is CC(C)CC(=O)N(C)Cc1cnn(-c2ccccc2)c1. The highest BCUT2D eigenvalue weighted by atomic mass is 16.2. The average molecular weight is 271 g/mol. The molecule has 0 spiro atoms.